The summed E-state index contributed by atoms with van der Waals surface area (Å²) >= 11 is 0. The van der Waals surface area contributed by atoms with Crippen LogP contribution in [-0.2, 0) is 0 Å². The van der Waals surface area contributed by atoms with Gasteiger partial charge in [-0.3, -0.25) is 4.99 Å². The average Bonchev–Trinajstić information content (AvgIpc) is 2.73. The quantitative estimate of drug-likeness (QED) is 0.231. The van der Waals surface area contributed by atoms with Crippen molar-refractivity contribution in [3.63, 3.8) is 0 Å². The number of hydrogen-bond donors (Lipinski definition) is 3. The monoisotopic (exact) mass is 566 g/mol. The zero-order valence-corrected chi connectivity index (χ0v) is 20.6. The molecule has 6 nitrogen and oxygen atoms in total. The lowest BCUT2D eigenvalue weighted by atomic mass is 10.1. The molecule has 0 amide bonds. The van der Waals surface area contributed by atoms with Gasteiger partial charge in [0.15, 0.2) is 5.96 Å². The standard InChI is InChI=1S/C22H29F3N4O2.HI/c1-4-26-22(27-13-19(29(2)3)15-5-9-17(23)10-6-15)28-14-20(30)16-7-11-18(12-8-16)31-21(24)25;/h5-12,19-21,30H,4,13-14H2,1-3H3,(H2,26,27,28);1H. The van der Waals surface area contributed by atoms with Gasteiger partial charge < -0.3 is 25.4 Å². The van der Waals surface area contributed by atoms with Crippen LogP contribution in [0.5, 0.6) is 5.75 Å². The molecular formula is C22H30F3IN4O2. The van der Waals surface area contributed by atoms with E-state index in [1.54, 1.807) is 12.1 Å². The maximum Gasteiger partial charge on any atom is 0.387 e. The molecule has 0 aliphatic heterocycles. The number of hydrogen-bond acceptors (Lipinski definition) is 4. The van der Waals surface area contributed by atoms with E-state index in [1.165, 1.54) is 36.4 Å². The second-order valence-electron chi connectivity index (χ2n) is 7.09. The SMILES string of the molecule is CCNC(=NCC(c1ccc(F)cc1)N(C)C)NCC(O)c1ccc(OC(F)F)cc1.I. The summed E-state index contributed by atoms with van der Waals surface area (Å²) in [7, 11) is 3.85. The first-order chi connectivity index (χ1) is 14.8. The maximum atomic E-state index is 13.2. The first kappa shape index (κ1) is 28.0. The van der Waals surface area contributed by atoms with Crippen molar-refractivity contribution in [2.24, 2.45) is 4.99 Å². The highest BCUT2D eigenvalue weighted by Crippen LogP contribution is 2.20. The normalized spacial score (nSPS) is 13.5. The fourth-order valence-corrected chi connectivity index (χ4v) is 2.95. The van der Waals surface area contributed by atoms with Crippen molar-refractivity contribution in [1.82, 2.24) is 15.5 Å². The molecule has 0 bridgehead atoms. The molecule has 0 heterocycles. The number of ether oxygens (including phenoxy) is 1. The summed E-state index contributed by atoms with van der Waals surface area (Å²) in [4.78, 5) is 6.59. The van der Waals surface area contributed by atoms with Crippen LogP contribution in [-0.4, -0.2) is 56.3 Å². The Bertz CT molecular complexity index is 821. The average molecular weight is 566 g/mol. The van der Waals surface area contributed by atoms with Gasteiger partial charge in [0.05, 0.1) is 18.7 Å². The number of aliphatic imine (C=N–C) groups is 1. The molecule has 2 aromatic rings. The Hall–Kier alpha value is -2.05. The van der Waals surface area contributed by atoms with Crippen LogP contribution in [0.15, 0.2) is 53.5 Å². The molecule has 2 atom stereocenters. The zero-order valence-electron chi connectivity index (χ0n) is 18.3. The van der Waals surface area contributed by atoms with E-state index < -0.39 is 12.7 Å². The largest absolute Gasteiger partial charge is 0.435 e. The highest BCUT2D eigenvalue weighted by atomic mass is 127. The molecule has 0 fully saturated rings. The Balaban J connectivity index is 0.00000512. The van der Waals surface area contributed by atoms with Gasteiger partial charge in [0, 0.05) is 13.1 Å². The third-order valence-electron chi connectivity index (χ3n) is 4.60. The van der Waals surface area contributed by atoms with E-state index in [4.69, 9.17) is 0 Å². The first-order valence-corrected chi connectivity index (χ1v) is 9.97. The summed E-state index contributed by atoms with van der Waals surface area (Å²) in [5.74, 6) is 0.264. The lowest BCUT2D eigenvalue weighted by Gasteiger charge is -2.24. The van der Waals surface area contributed by atoms with Crippen molar-refractivity contribution in [2.45, 2.75) is 25.7 Å². The lowest BCUT2D eigenvalue weighted by molar-refractivity contribution is -0.0498. The Morgan fingerprint density at radius 2 is 1.62 bits per heavy atom. The fourth-order valence-electron chi connectivity index (χ4n) is 2.95. The van der Waals surface area contributed by atoms with E-state index >= 15 is 0 Å². The summed E-state index contributed by atoms with van der Waals surface area (Å²) in [5, 5.41) is 16.6. The molecule has 2 rings (SSSR count). The van der Waals surface area contributed by atoms with E-state index in [0.29, 0.717) is 24.6 Å². The molecule has 2 unspecified atom stereocenters. The number of likely N-dealkylation sites (N-methyl/N-ethyl adjacent to an activating group) is 1. The molecule has 0 aromatic heterocycles. The minimum Gasteiger partial charge on any atom is -0.435 e. The molecule has 0 spiro atoms. The van der Waals surface area contributed by atoms with Gasteiger partial charge in [-0.2, -0.15) is 8.78 Å². The van der Waals surface area contributed by atoms with Gasteiger partial charge in [-0.05, 0) is 56.4 Å². The van der Waals surface area contributed by atoms with Crippen molar-refractivity contribution < 1.29 is 23.0 Å². The van der Waals surface area contributed by atoms with Gasteiger partial charge in [-0.25, -0.2) is 4.39 Å². The summed E-state index contributed by atoms with van der Waals surface area (Å²) in [5.41, 5.74) is 1.50. The van der Waals surface area contributed by atoms with Crippen LogP contribution in [0.3, 0.4) is 0 Å². The first-order valence-electron chi connectivity index (χ1n) is 9.97. The number of alkyl halides is 2. The minimum atomic E-state index is -2.89. The molecule has 3 N–H and O–H groups in total. The predicted molar refractivity (Wildman–Crippen MR) is 130 cm³/mol. The van der Waals surface area contributed by atoms with Crippen molar-refractivity contribution in [3.05, 3.63) is 65.5 Å². The molecule has 10 heteroatoms. The lowest BCUT2D eigenvalue weighted by Crippen LogP contribution is -2.40. The molecule has 32 heavy (non-hydrogen) atoms. The highest BCUT2D eigenvalue weighted by Gasteiger charge is 2.15. The van der Waals surface area contributed by atoms with Crippen LogP contribution in [0.4, 0.5) is 13.2 Å². The Morgan fingerprint density at radius 1 is 1.03 bits per heavy atom. The summed E-state index contributed by atoms with van der Waals surface area (Å²) < 4.78 is 42.0. The zero-order chi connectivity index (χ0) is 22.8. The number of benzene rings is 2. The van der Waals surface area contributed by atoms with Crippen molar-refractivity contribution in [2.75, 3.05) is 33.7 Å². The molecule has 178 valence electrons. The van der Waals surface area contributed by atoms with Crippen LogP contribution in [0.1, 0.15) is 30.2 Å². The van der Waals surface area contributed by atoms with Crippen LogP contribution >= 0.6 is 24.0 Å². The number of aliphatic hydroxyl groups is 1. The van der Waals surface area contributed by atoms with Crippen LogP contribution in [0.2, 0.25) is 0 Å². The van der Waals surface area contributed by atoms with Crippen LogP contribution < -0.4 is 15.4 Å². The van der Waals surface area contributed by atoms with E-state index in [0.717, 1.165) is 5.56 Å². The van der Waals surface area contributed by atoms with Gasteiger partial charge in [0.25, 0.3) is 0 Å². The number of rotatable bonds is 10. The third-order valence-corrected chi connectivity index (χ3v) is 4.60. The Kier molecular flexibility index (Phi) is 12.4. The van der Waals surface area contributed by atoms with E-state index in [1.807, 2.05) is 25.9 Å². The van der Waals surface area contributed by atoms with Gasteiger partial charge in [0.1, 0.15) is 11.6 Å². The highest BCUT2D eigenvalue weighted by molar-refractivity contribution is 14.0. The number of nitrogens with one attached hydrogen (secondary N) is 2. The second-order valence-corrected chi connectivity index (χ2v) is 7.09. The molecule has 0 aliphatic rings. The molecule has 0 saturated heterocycles. The van der Waals surface area contributed by atoms with E-state index in [9.17, 15) is 18.3 Å². The Labute approximate surface area is 203 Å². The molecule has 0 radical (unpaired) electrons. The third kappa shape index (κ3) is 9.21. The van der Waals surface area contributed by atoms with E-state index in [2.05, 4.69) is 20.4 Å². The van der Waals surface area contributed by atoms with Crippen LogP contribution in [0, 0.1) is 5.82 Å². The molecule has 2 aromatic carbocycles. The Morgan fingerprint density at radius 3 is 2.16 bits per heavy atom. The fraction of sp³-hybridized carbons (Fsp3) is 0.409. The molecule has 0 saturated carbocycles. The van der Waals surface area contributed by atoms with Gasteiger partial charge in [0.2, 0.25) is 0 Å². The maximum absolute atomic E-state index is 13.2. The number of nitrogens with zero attached hydrogens (tertiary/aromatic N) is 2. The second kappa shape index (κ2) is 14.2. The van der Waals surface area contributed by atoms with Crippen molar-refractivity contribution in [1.29, 1.82) is 0 Å². The number of guanidine groups is 1. The van der Waals surface area contributed by atoms with Gasteiger partial charge >= 0.3 is 6.61 Å². The molecular weight excluding hydrogens is 536 g/mol. The summed E-state index contributed by atoms with van der Waals surface area (Å²) in [6, 6.07) is 12.1. The number of halogens is 4. The van der Waals surface area contributed by atoms with Crippen LogP contribution in [0.25, 0.3) is 0 Å². The number of aliphatic hydroxyl groups excluding tert-OH is 1. The predicted octanol–water partition coefficient (Wildman–Crippen LogP) is 3.94. The summed E-state index contributed by atoms with van der Waals surface area (Å²) in [6.07, 6.45) is -0.869. The van der Waals surface area contributed by atoms with Crippen molar-refractivity contribution >= 4 is 29.9 Å². The van der Waals surface area contributed by atoms with E-state index in [-0.39, 0.29) is 48.1 Å². The summed E-state index contributed by atoms with van der Waals surface area (Å²) in [6.45, 7) is 0.259. The topological polar surface area (TPSA) is 69.1 Å². The van der Waals surface area contributed by atoms with Gasteiger partial charge in [-0.1, -0.05) is 24.3 Å². The minimum absolute atomic E-state index is 0. The van der Waals surface area contributed by atoms with Gasteiger partial charge in [-0.15, -0.1) is 24.0 Å². The van der Waals surface area contributed by atoms with Crippen molar-refractivity contribution in [3.8, 4) is 5.75 Å². The smallest absolute Gasteiger partial charge is 0.387 e. The molecule has 0 aliphatic carbocycles.